The van der Waals surface area contributed by atoms with Crippen LogP contribution in [0.1, 0.15) is 23.2 Å². The Kier molecular flexibility index (Phi) is 2.97. The molecule has 0 radical (unpaired) electrons. The van der Waals surface area contributed by atoms with Crippen LogP contribution in [0.2, 0.25) is 0 Å². The molecule has 1 rings (SSSR count). The molecule has 1 aromatic rings. The lowest BCUT2D eigenvalue weighted by molar-refractivity contribution is 0.146. The quantitative estimate of drug-likeness (QED) is 0.791. The van der Waals surface area contributed by atoms with E-state index in [2.05, 4.69) is 4.98 Å². The molecule has 0 saturated heterocycles. The molecule has 3 nitrogen and oxygen atoms in total. The summed E-state index contributed by atoms with van der Waals surface area (Å²) in [7, 11) is 0. The highest BCUT2D eigenvalue weighted by atomic mass is 19.3. The fraction of sp³-hybridized carbons (Fsp3) is 0.333. The molecule has 0 atom stereocenters. The molecule has 0 unspecified atom stereocenters. The average Bonchev–Trinajstić information content (AvgIpc) is 2.11. The molecule has 74 valence electrons. The Hall–Kier alpha value is -1.70. The molecule has 0 aliphatic heterocycles. The van der Waals surface area contributed by atoms with Gasteiger partial charge in [-0.1, -0.05) is 0 Å². The number of aryl methyl sites for hydroxylation is 1. The minimum atomic E-state index is -2.79. The number of hydrogen-bond acceptors (Lipinski definition) is 3. The number of nitrogens with zero attached hydrogens (tertiary/aromatic N) is 2. The summed E-state index contributed by atoms with van der Waals surface area (Å²) in [6.07, 6.45) is -1.78. The van der Waals surface area contributed by atoms with Crippen LogP contribution >= 0.6 is 0 Å². The second-order valence-corrected chi connectivity index (χ2v) is 2.77. The fourth-order valence-corrected chi connectivity index (χ4v) is 1.12. The van der Waals surface area contributed by atoms with E-state index in [4.69, 9.17) is 5.26 Å². The predicted octanol–water partition coefficient (Wildman–Crippen LogP) is 2.10. The maximum Gasteiger partial charge on any atom is 0.267 e. The first-order chi connectivity index (χ1) is 6.57. The van der Waals surface area contributed by atoms with Crippen LogP contribution in [0.3, 0.4) is 0 Å². The maximum atomic E-state index is 12.5. The molecule has 0 spiro atoms. The van der Waals surface area contributed by atoms with Crippen LogP contribution in [-0.2, 0) is 6.42 Å². The first-order valence-corrected chi connectivity index (χ1v) is 3.90. The number of rotatable bonds is 2. The van der Waals surface area contributed by atoms with E-state index >= 15 is 0 Å². The van der Waals surface area contributed by atoms with Gasteiger partial charge in [-0.15, -0.1) is 0 Å². The van der Waals surface area contributed by atoms with Crippen molar-refractivity contribution in [3.8, 4) is 11.8 Å². The van der Waals surface area contributed by atoms with Crippen molar-refractivity contribution in [2.75, 3.05) is 0 Å². The molecule has 0 bridgehead atoms. The van der Waals surface area contributed by atoms with Crippen LogP contribution in [0, 0.1) is 18.3 Å². The predicted molar refractivity (Wildman–Crippen MR) is 44.9 cm³/mol. The van der Waals surface area contributed by atoms with Gasteiger partial charge >= 0.3 is 0 Å². The third kappa shape index (κ3) is 1.79. The van der Waals surface area contributed by atoms with E-state index < -0.39 is 17.7 Å². The first kappa shape index (κ1) is 10.4. The van der Waals surface area contributed by atoms with Gasteiger partial charge in [-0.25, -0.2) is 8.78 Å². The second-order valence-electron chi connectivity index (χ2n) is 2.77. The molecule has 1 aromatic heterocycles. The Morgan fingerprint density at radius 1 is 1.64 bits per heavy atom. The molecule has 0 saturated carbocycles. The summed E-state index contributed by atoms with van der Waals surface area (Å²) in [5.41, 5.74) is -0.272. The summed E-state index contributed by atoms with van der Waals surface area (Å²) in [4.78, 5) is 3.71. The highest BCUT2D eigenvalue weighted by Gasteiger charge is 2.19. The molecule has 0 aliphatic rings. The molecule has 0 amide bonds. The highest BCUT2D eigenvalue weighted by molar-refractivity contribution is 5.42. The molecule has 1 N–H and O–H groups in total. The molecule has 0 aromatic carbocycles. The van der Waals surface area contributed by atoms with E-state index in [0.29, 0.717) is 0 Å². The Balaban J connectivity index is 3.31. The van der Waals surface area contributed by atoms with Gasteiger partial charge in [-0.05, 0) is 12.5 Å². The Morgan fingerprint density at radius 3 is 2.79 bits per heavy atom. The van der Waals surface area contributed by atoms with Crippen LogP contribution < -0.4 is 0 Å². The number of nitriles is 1. The van der Waals surface area contributed by atoms with Gasteiger partial charge < -0.3 is 5.11 Å². The Morgan fingerprint density at radius 2 is 2.29 bits per heavy atom. The van der Waals surface area contributed by atoms with Crippen molar-refractivity contribution in [3.63, 3.8) is 0 Å². The number of aromatic hydroxyl groups is 1. The molecule has 14 heavy (non-hydrogen) atoms. The lowest BCUT2D eigenvalue weighted by Gasteiger charge is -2.09. The smallest absolute Gasteiger partial charge is 0.267 e. The van der Waals surface area contributed by atoms with Crippen LogP contribution in [0.15, 0.2) is 6.20 Å². The number of aromatic nitrogens is 1. The van der Waals surface area contributed by atoms with Crippen molar-refractivity contribution in [2.45, 2.75) is 19.8 Å². The largest absolute Gasteiger partial charge is 0.506 e. The van der Waals surface area contributed by atoms with Gasteiger partial charge in [0.1, 0.15) is 5.75 Å². The summed E-state index contributed by atoms with van der Waals surface area (Å²) in [5, 5.41) is 17.7. The number of hydrogen-bond donors (Lipinski definition) is 1. The van der Waals surface area contributed by atoms with Crippen molar-refractivity contribution in [2.24, 2.45) is 0 Å². The van der Waals surface area contributed by atoms with Crippen molar-refractivity contribution in [1.82, 2.24) is 4.98 Å². The normalized spacial score (nSPS) is 10.2. The SMILES string of the molecule is Cc1ncc(CC#N)c(C(F)F)c1O. The molecular weight excluding hydrogens is 190 g/mol. The van der Waals surface area contributed by atoms with Gasteiger partial charge in [-0.2, -0.15) is 5.26 Å². The third-order valence-corrected chi connectivity index (χ3v) is 1.85. The average molecular weight is 198 g/mol. The molecule has 0 aliphatic carbocycles. The summed E-state index contributed by atoms with van der Waals surface area (Å²) in [6, 6.07) is 1.74. The summed E-state index contributed by atoms with van der Waals surface area (Å²) < 4.78 is 25.0. The van der Waals surface area contributed by atoms with Gasteiger partial charge in [0.25, 0.3) is 6.43 Å². The van der Waals surface area contributed by atoms with E-state index in [1.165, 1.54) is 13.1 Å². The van der Waals surface area contributed by atoms with E-state index in [1.54, 1.807) is 6.07 Å². The molecule has 1 heterocycles. The van der Waals surface area contributed by atoms with Crippen molar-refractivity contribution in [3.05, 3.63) is 23.0 Å². The zero-order valence-electron chi connectivity index (χ0n) is 7.46. The zero-order valence-corrected chi connectivity index (χ0v) is 7.46. The topological polar surface area (TPSA) is 56.9 Å². The zero-order chi connectivity index (χ0) is 10.7. The fourth-order valence-electron chi connectivity index (χ4n) is 1.12. The lowest BCUT2D eigenvalue weighted by atomic mass is 10.1. The van der Waals surface area contributed by atoms with Gasteiger partial charge in [-0.3, -0.25) is 4.98 Å². The number of alkyl halides is 2. The van der Waals surface area contributed by atoms with Crippen molar-refractivity contribution >= 4 is 0 Å². The number of halogens is 2. The van der Waals surface area contributed by atoms with Crippen molar-refractivity contribution < 1.29 is 13.9 Å². The summed E-state index contributed by atoms with van der Waals surface area (Å²) in [5.74, 6) is -0.521. The minimum Gasteiger partial charge on any atom is -0.506 e. The van der Waals surface area contributed by atoms with Gasteiger partial charge in [0.15, 0.2) is 0 Å². The molecule has 5 heteroatoms. The van der Waals surface area contributed by atoms with Crippen LogP contribution in [0.4, 0.5) is 8.78 Å². The lowest BCUT2D eigenvalue weighted by Crippen LogP contribution is -1.98. The van der Waals surface area contributed by atoms with E-state index in [-0.39, 0.29) is 17.7 Å². The number of pyridine rings is 1. The van der Waals surface area contributed by atoms with Crippen LogP contribution in [-0.4, -0.2) is 10.1 Å². The minimum absolute atomic E-state index is 0.0746. The van der Waals surface area contributed by atoms with Crippen molar-refractivity contribution in [1.29, 1.82) is 5.26 Å². The second kappa shape index (κ2) is 4.01. The highest BCUT2D eigenvalue weighted by Crippen LogP contribution is 2.32. The van der Waals surface area contributed by atoms with Crippen LogP contribution in [0.5, 0.6) is 5.75 Å². The van der Waals surface area contributed by atoms with Crippen LogP contribution in [0.25, 0.3) is 0 Å². The van der Waals surface area contributed by atoms with Gasteiger partial charge in [0.05, 0.1) is 23.7 Å². The monoisotopic (exact) mass is 198 g/mol. The standard InChI is InChI=1S/C9H8F2N2O/c1-5-8(14)7(9(10)11)6(2-3-12)4-13-5/h4,9,14H,2H2,1H3. The first-order valence-electron chi connectivity index (χ1n) is 3.90. The van der Waals surface area contributed by atoms with E-state index in [1.807, 2.05) is 0 Å². The molecular formula is C9H8F2N2O. The van der Waals surface area contributed by atoms with E-state index in [9.17, 15) is 13.9 Å². The summed E-state index contributed by atoms with van der Waals surface area (Å²) in [6.45, 7) is 1.43. The summed E-state index contributed by atoms with van der Waals surface area (Å²) >= 11 is 0. The van der Waals surface area contributed by atoms with Gasteiger partial charge in [0, 0.05) is 6.20 Å². The maximum absolute atomic E-state index is 12.5. The van der Waals surface area contributed by atoms with Gasteiger partial charge in [0.2, 0.25) is 0 Å². The Bertz CT molecular complexity index is 385. The third-order valence-electron chi connectivity index (χ3n) is 1.85. The molecule has 0 fully saturated rings. The Labute approximate surface area is 79.6 Å². The van der Waals surface area contributed by atoms with E-state index in [0.717, 1.165) is 0 Å².